The molecule has 2 heterocycles. The van der Waals surface area contributed by atoms with E-state index in [1.165, 1.54) is 11.0 Å². The number of sulfonamides is 1. The molecule has 1 aromatic heterocycles. The van der Waals surface area contributed by atoms with Crippen molar-refractivity contribution in [3.8, 4) is 0 Å². The van der Waals surface area contributed by atoms with Crippen LogP contribution in [0.2, 0.25) is 0 Å². The second kappa shape index (κ2) is 9.54. The van der Waals surface area contributed by atoms with Gasteiger partial charge < -0.3 is 5.32 Å². The maximum atomic E-state index is 13.2. The number of benzene rings is 1. The molecule has 0 bridgehead atoms. The van der Waals surface area contributed by atoms with Crippen LogP contribution in [0.15, 0.2) is 56.5 Å². The highest BCUT2D eigenvalue weighted by atomic mass is 32.2. The third-order valence-corrected chi connectivity index (χ3v) is 9.19. The van der Waals surface area contributed by atoms with E-state index in [0.717, 1.165) is 55.2 Å². The highest BCUT2D eigenvalue weighted by Crippen LogP contribution is 2.36. The van der Waals surface area contributed by atoms with Gasteiger partial charge in [0.25, 0.3) is 10.0 Å². The van der Waals surface area contributed by atoms with Gasteiger partial charge in [-0.2, -0.15) is 8.42 Å². The number of hydrogen-bond acceptors (Lipinski definition) is 6. The summed E-state index contributed by atoms with van der Waals surface area (Å²) in [4.78, 5) is 27.3. The van der Waals surface area contributed by atoms with Crippen LogP contribution in [-0.4, -0.2) is 41.6 Å². The Kier molecular flexibility index (Phi) is 6.78. The number of anilines is 1. The van der Waals surface area contributed by atoms with Crippen molar-refractivity contribution in [2.75, 3.05) is 5.32 Å². The summed E-state index contributed by atoms with van der Waals surface area (Å²) in [5.41, 5.74) is 0.654. The number of nitrogens with one attached hydrogen (secondary N) is 1. The number of amidine groups is 1. The molecule has 2 aliphatic rings. The molecular formula is C21H23N3O4S3. The smallest absolute Gasteiger partial charge is 0.294 e. The minimum absolute atomic E-state index is 0.0420. The molecule has 0 radical (unpaired) electrons. The first kappa shape index (κ1) is 22.0. The molecule has 1 aromatic carbocycles. The van der Waals surface area contributed by atoms with Crippen LogP contribution < -0.4 is 5.32 Å². The summed E-state index contributed by atoms with van der Waals surface area (Å²) in [7, 11) is -3.90. The Bertz CT molecular complexity index is 1060. The van der Waals surface area contributed by atoms with Crippen LogP contribution in [0.1, 0.15) is 38.5 Å². The largest absolute Gasteiger partial charge is 0.326 e. The molecule has 1 aliphatic carbocycles. The van der Waals surface area contributed by atoms with E-state index in [4.69, 9.17) is 0 Å². The van der Waals surface area contributed by atoms with E-state index in [-0.39, 0.29) is 33.7 Å². The molecule has 1 unspecified atom stereocenters. The van der Waals surface area contributed by atoms with E-state index in [9.17, 15) is 18.0 Å². The van der Waals surface area contributed by atoms with Crippen LogP contribution in [0, 0.1) is 0 Å². The number of carbonyl (C=O) groups excluding carboxylic acids is 2. The maximum absolute atomic E-state index is 13.2. The molecule has 1 saturated carbocycles. The summed E-state index contributed by atoms with van der Waals surface area (Å²) < 4.78 is 29.7. The van der Waals surface area contributed by atoms with Gasteiger partial charge in [-0.25, -0.2) is 0 Å². The quantitative estimate of drug-likeness (QED) is 0.676. The van der Waals surface area contributed by atoms with Crippen molar-refractivity contribution >= 4 is 55.8 Å². The SMILES string of the molecule is O=C(CC1SC(=NS(=O)(=O)c2cccs2)N(C2CCCCC2)C1=O)Nc1ccccc1. The lowest BCUT2D eigenvalue weighted by atomic mass is 9.94. The molecule has 1 saturated heterocycles. The molecule has 7 nitrogen and oxygen atoms in total. The van der Waals surface area contributed by atoms with E-state index < -0.39 is 15.3 Å². The molecule has 0 spiro atoms. The third-order valence-electron chi connectivity index (χ3n) is 5.28. The number of rotatable bonds is 6. The van der Waals surface area contributed by atoms with Crippen molar-refractivity contribution in [3.63, 3.8) is 0 Å². The molecule has 2 fully saturated rings. The average Bonchev–Trinajstić information content (AvgIpc) is 3.39. The standard InChI is InChI=1S/C21H23N3O4S3/c25-18(22-15-8-3-1-4-9-15)14-17-20(26)24(16-10-5-2-6-11-16)21(30-17)23-31(27,28)19-12-7-13-29-19/h1,3-4,7-9,12-13,16-17H,2,5-6,10-11,14H2,(H,22,25). The fourth-order valence-electron chi connectivity index (χ4n) is 3.81. The molecule has 2 amide bonds. The van der Waals surface area contributed by atoms with E-state index in [2.05, 4.69) is 9.71 Å². The number of carbonyl (C=O) groups is 2. The third kappa shape index (κ3) is 5.19. The highest BCUT2D eigenvalue weighted by Gasteiger charge is 2.43. The number of thioether (sulfide) groups is 1. The number of hydrogen-bond donors (Lipinski definition) is 1. The number of thiophene rings is 1. The van der Waals surface area contributed by atoms with Crippen molar-refractivity contribution in [2.45, 2.75) is 54.0 Å². The topological polar surface area (TPSA) is 95.9 Å². The van der Waals surface area contributed by atoms with Gasteiger partial charge in [-0.3, -0.25) is 14.5 Å². The predicted octanol–water partition coefficient (Wildman–Crippen LogP) is 4.10. The summed E-state index contributed by atoms with van der Waals surface area (Å²) >= 11 is 2.17. The second-order valence-corrected chi connectivity index (χ2v) is 11.5. The molecule has 1 aliphatic heterocycles. The van der Waals surface area contributed by atoms with Crippen molar-refractivity contribution in [3.05, 3.63) is 47.8 Å². The fourth-order valence-corrected chi connectivity index (χ4v) is 7.18. The first-order valence-corrected chi connectivity index (χ1v) is 13.4. The molecule has 1 N–H and O–H groups in total. The number of amides is 2. The van der Waals surface area contributed by atoms with Gasteiger partial charge in [0.15, 0.2) is 5.17 Å². The molecular weight excluding hydrogens is 454 g/mol. The van der Waals surface area contributed by atoms with Crippen LogP contribution in [0.3, 0.4) is 0 Å². The zero-order valence-electron chi connectivity index (χ0n) is 16.8. The van der Waals surface area contributed by atoms with Gasteiger partial charge in [-0.15, -0.1) is 15.7 Å². The molecule has 10 heteroatoms. The summed E-state index contributed by atoms with van der Waals surface area (Å²) in [6, 6.07) is 12.1. The van der Waals surface area contributed by atoms with Gasteiger partial charge in [0.2, 0.25) is 11.8 Å². The molecule has 1 atom stereocenters. The summed E-state index contributed by atoms with van der Waals surface area (Å²) in [5, 5.41) is 3.96. The lowest BCUT2D eigenvalue weighted by molar-refractivity contribution is -0.130. The van der Waals surface area contributed by atoms with E-state index in [0.29, 0.717) is 5.69 Å². The van der Waals surface area contributed by atoms with Gasteiger partial charge in [-0.1, -0.05) is 55.3 Å². The second-order valence-electron chi connectivity index (χ2n) is 7.51. The highest BCUT2D eigenvalue weighted by molar-refractivity contribution is 8.16. The van der Waals surface area contributed by atoms with Gasteiger partial charge in [-0.05, 0) is 36.4 Å². The van der Waals surface area contributed by atoms with Crippen molar-refractivity contribution in [1.82, 2.24) is 4.90 Å². The van der Waals surface area contributed by atoms with Crippen LogP contribution >= 0.6 is 23.1 Å². The Labute approximate surface area is 190 Å². The molecule has 164 valence electrons. The molecule has 31 heavy (non-hydrogen) atoms. The van der Waals surface area contributed by atoms with Gasteiger partial charge in [0, 0.05) is 18.2 Å². The Morgan fingerprint density at radius 1 is 1.10 bits per heavy atom. The number of para-hydroxylation sites is 1. The zero-order chi connectivity index (χ0) is 21.8. The van der Waals surface area contributed by atoms with E-state index >= 15 is 0 Å². The fraction of sp³-hybridized carbons (Fsp3) is 0.381. The van der Waals surface area contributed by atoms with Crippen LogP contribution in [-0.2, 0) is 19.6 Å². The van der Waals surface area contributed by atoms with Crippen LogP contribution in [0.5, 0.6) is 0 Å². The number of nitrogens with zero attached hydrogens (tertiary/aromatic N) is 2. The first-order valence-electron chi connectivity index (χ1n) is 10.2. The van der Waals surface area contributed by atoms with Crippen molar-refractivity contribution in [2.24, 2.45) is 4.40 Å². The van der Waals surface area contributed by atoms with Crippen LogP contribution in [0.4, 0.5) is 5.69 Å². The summed E-state index contributed by atoms with van der Waals surface area (Å²) in [6.07, 6.45) is 4.67. The van der Waals surface area contributed by atoms with Gasteiger partial charge in [0.05, 0.1) is 0 Å². The summed E-state index contributed by atoms with van der Waals surface area (Å²) in [5.74, 6) is -0.525. The Hall–Kier alpha value is -2.17. The lowest BCUT2D eigenvalue weighted by Gasteiger charge is -2.30. The van der Waals surface area contributed by atoms with E-state index in [1.54, 1.807) is 23.6 Å². The normalized spacial score (nSPS) is 21.5. The monoisotopic (exact) mass is 477 g/mol. The summed E-state index contributed by atoms with van der Waals surface area (Å²) in [6.45, 7) is 0. The minimum Gasteiger partial charge on any atom is -0.326 e. The lowest BCUT2D eigenvalue weighted by Crippen LogP contribution is -2.42. The first-order chi connectivity index (χ1) is 14.9. The minimum atomic E-state index is -3.90. The Balaban J connectivity index is 1.56. The van der Waals surface area contributed by atoms with Crippen molar-refractivity contribution < 1.29 is 18.0 Å². The Morgan fingerprint density at radius 3 is 2.52 bits per heavy atom. The van der Waals surface area contributed by atoms with Crippen LogP contribution in [0.25, 0.3) is 0 Å². The molecule has 2 aromatic rings. The van der Waals surface area contributed by atoms with Gasteiger partial charge >= 0.3 is 0 Å². The van der Waals surface area contributed by atoms with Gasteiger partial charge in [0.1, 0.15) is 9.46 Å². The van der Waals surface area contributed by atoms with E-state index in [1.807, 2.05) is 18.2 Å². The van der Waals surface area contributed by atoms with Crippen molar-refractivity contribution in [1.29, 1.82) is 0 Å². The molecule has 4 rings (SSSR count). The average molecular weight is 478 g/mol. The predicted molar refractivity (Wildman–Crippen MR) is 124 cm³/mol. The Morgan fingerprint density at radius 2 is 1.84 bits per heavy atom. The maximum Gasteiger partial charge on any atom is 0.294 e. The zero-order valence-corrected chi connectivity index (χ0v) is 19.2.